The summed E-state index contributed by atoms with van der Waals surface area (Å²) in [7, 11) is 0. The lowest BCUT2D eigenvalue weighted by Crippen LogP contribution is -2.32. The summed E-state index contributed by atoms with van der Waals surface area (Å²) in [6, 6.07) is 10.7. The van der Waals surface area contributed by atoms with Gasteiger partial charge in [0.25, 0.3) is 0 Å². The van der Waals surface area contributed by atoms with E-state index in [0.29, 0.717) is 0 Å². The molecule has 1 nitrogen and oxygen atoms in total. The number of alkyl halides is 1. The highest BCUT2D eigenvalue weighted by atomic mass is 79.9. The highest BCUT2D eigenvalue weighted by Crippen LogP contribution is 2.16. The van der Waals surface area contributed by atoms with Crippen LogP contribution in [0.5, 0.6) is 0 Å². The van der Waals surface area contributed by atoms with Crippen LogP contribution in [0.15, 0.2) is 30.3 Å². The first kappa shape index (κ1) is 14.7. The lowest BCUT2D eigenvalue weighted by atomic mass is 9.97. The highest BCUT2D eigenvalue weighted by Gasteiger charge is 2.15. The van der Waals surface area contributed by atoms with E-state index in [1.165, 1.54) is 12.1 Å². The Labute approximate surface area is 114 Å². The molecule has 0 aliphatic heterocycles. The Hall–Kier alpha value is -0.340. The molecule has 0 heterocycles. The molecule has 1 aromatic carbocycles. The van der Waals surface area contributed by atoms with Crippen molar-refractivity contribution in [3.05, 3.63) is 35.9 Å². The lowest BCUT2D eigenvalue weighted by molar-refractivity contribution is 0.216. The molecule has 0 fully saturated rings. The summed E-state index contributed by atoms with van der Waals surface area (Å²) in [5, 5.41) is 1.09. The van der Waals surface area contributed by atoms with E-state index in [-0.39, 0.29) is 0 Å². The summed E-state index contributed by atoms with van der Waals surface area (Å²) in [4.78, 5) is 2.53. The van der Waals surface area contributed by atoms with Gasteiger partial charge in [0.15, 0.2) is 0 Å². The number of nitrogens with zero attached hydrogens (tertiary/aromatic N) is 1. The van der Waals surface area contributed by atoms with Gasteiger partial charge in [0, 0.05) is 18.4 Å². The largest absolute Gasteiger partial charge is 0.299 e. The Balaban J connectivity index is 2.54. The summed E-state index contributed by atoms with van der Waals surface area (Å²) in [6.07, 6.45) is 0. The van der Waals surface area contributed by atoms with Crippen molar-refractivity contribution >= 4 is 15.9 Å². The lowest BCUT2D eigenvalue weighted by Gasteiger charge is -2.27. The van der Waals surface area contributed by atoms with Gasteiger partial charge in [0.05, 0.1) is 0 Å². The molecule has 0 aliphatic rings. The summed E-state index contributed by atoms with van der Waals surface area (Å²) in [5.74, 6) is 1.47. The van der Waals surface area contributed by atoms with Gasteiger partial charge in [-0.3, -0.25) is 4.90 Å². The maximum Gasteiger partial charge on any atom is 0.0233 e. The van der Waals surface area contributed by atoms with Gasteiger partial charge in [-0.25, -0.2) is 0 Å². The fourth-order valence-corrected chi connectivity index (χ4v) is 2.87. The van der Waals surface area contributed by atoms with Crippen LogP contribution in [0.3, 0.4) is 0 Å². The van der Waals surface area contributed by atoms with Crippen LogP contribution >= 0.6 is 15.9 Å². The summed E-state index contributed by atoms with van der Waals surface area (Å²) in [5.41, 5.74) is 1.41. The quantitative estimate of drug-likeness (QED) is 0.683. The zero-order valence-electron chi connectivity index (χ0n) is 11.2. The Morgan fingerprint density at radius 1 is 1.18 bits per heavy atom. The standard InChI is InChI=1S/C15H24BrN/c1-4-17(12-15(10-16)13(2)3)11-14-8-6-5-7-9-14/h5-9,13,15H,4,10-12H2,1-3H3. The topological polar surface area (TPSA) is 3.24 Å². The molecule has 0 saturated heterocycles. The van der Waals surface area contributed by atoms with Crippen LogP contribution in [-0.4, -0.2) is 23.3 Å². The van der Waals surface area contributed by atoms with E-state index in [1.54, 1.807) is 0 Å². The first-order chi connectivity index (χ1) is 8.17. The third kappa shape index (κ3) is 5.22. The average Bonchev–Trinajstić information content (AvgIpc) is 2.35. The molecule has 0 bridgehead atoms. The fraction of sp³-hybridized carbons (Fsp3) is 0.600. The Morgan fingerprint density at radius 3 is 2.29 bits per heavy atom. The molecule has 0 radical (unpaired) electrons. The summed E-state index contributed by atoms with van der Waals surface area (Å²) >= 11 is 3.63. The summed E-state index contributed by atoms with van der Waals surface area (Å²) in [6.45, 7) is 10.2. The van der Waals surface area contributed by atoms with Gasteiger partial charge in [-0.15, -0.1) is 0 Å². The third-order valence-electron chi connectivity index (χ3n) is 3.33. The van der Waals surface area contributed by atoms with Crippen LogP contribution in [0.4, 0.5) is 0 Å². The van der Waals surface area contributed by atoms with Crippen LogP contribution in [-0.2, 0) is 6.54 Å². The van der Waals surface area contributed by atoms with E-state index in [0.717, 1.165) is 30.3 Å². The van der Waals surface area contributed by atoms with Crippen molar-refractivity contribution < 1.29 is 0 Å². The predicted molar refractivity (Wildman–Crippen MR) is 79.5 cm³/mol. The molecule has 1 unspecified atom stereocenters. The van der Waals surface area contributed by atoms with E-state index in [9.17, 15) is 0 Å². The Bertz CT molecular complexity index is 297. The van der Waals surface area contributed by atoms with Crippen molar-refractivity contribution in [2.75, 3.05) is 18.4 Å². The molecule has 0 amide bonds. The van der Waals surface area contributed by atoms with E-state index in [1.807, 2.05) is 0 Å². The van der Waals surface area contributed by atoms with Gasteiger partial charge in [-0.2, -0.15) is 0 Å². The predicted octanol–water partition coefficient (Wildman–Crippen LogP) is 4.18. The van der Waals surface area contributed by atoms with Crippen LogP contribution < -0.4 is 0 Å². The van der Waals surface area contributed by atoms with Gasteiger partial charge in [0.2, 0.25) is 0 Å². The van der Waals surface area contributed by atoms with Crippen LogP contribution in [0.1, 0.15) is 26.3 Å². The molecule has 1 atom stereocenters. The van der Waals surface area contributed by atoms with Crippen molar-refractivity contribution in [3.8, 4) is 0 Å². The van der Waals surface area contributed by atoms with Gasteiger partial charge in [0.1, 0.15) is 0 Å². The van der Waals surface area contributed by atoms with Crippen molar-refractivity contribution in [1.82, 2.24) is 4.90 Å². The minimum absolute atomic E-state index is 0.735. The third-order valence-corrected chi connectivity index (χ3v) is 4.16. The zero-order valence-corrected chi connectivity index (χ0v) is 12.8. The number of rotatable bonds is 7. The molecule has 96 valence electrons. The minimum Gasteiger partial charge on any atom is -0.299 e. The molecule has 17 heavy (non-hydrogen) atoms. The smallest absolute Gasteiger partial charge is 0.0233 e. The number of benzene rings is 1. The van der Waals surface area contributed by atoms with Crippen molar-refractivity contribution in [2.45, 2.75) is 27.3 Å². The van der Waals surface area contributed by atoms with E-state index in [4.69, 9.17) is 0 Å². The van der Waals surface area contributed by atoms with Crippen LogP contribution in [0.2, 0.25) is 0 Å². The molecule has 0 aromatic heterocycles. The average molecular weight is 298 g/mol. The maximum atomic E-state index is 3.63. The van der Waals surface area contributed by atoms with Crippen molar-refractivity contribution in [2.24, 2.45) is 11.8 Å². The molecule has 1 rings (SSSR count). The van der Waals surface area contributed by atoms with Gasteiger partial charge >= 0.3 is 0 Å². The second-order valence-electron chi connectivity index (χ2n) is 4.97. The van der Waals surface area contributed by atoms with E-state index < -0.39 is 0 Å². The number of halogens is 1. The molecule has 0 N–H and O–H groups in total. The minimum atomic E-state index is 0.735. The normalized spacial score (nSPS) is 13.3. The van der Waals surface area contributed by atoms with E-state index in [2.05, 4.69) is 71.9 Å². The Morgan fingerprint density at radius 2 is 1.82 bits per heavy atom. The first-order valence-corrected chi connectivity index (χ1v) is 7.61. The van der Waals surface area contributed by atoms with Gasteiger partial charge < -0.3 is 0 Å². The van der Waals surface area contributed by atoms with Crippen molar-refractivity contribution in [3.63, 3.8) is 0 Å². The highest BCUT2D eigenvalue weighted by molar-refractivity contribution is 9.09. The monoisotopic (exact) mass is 297 g/mol. The zero-order chi connectivity index (χ0) is 12.7. The second-order valence-corrected chi connectivity index (χ2v) is 5.62. The molecule has 2 heteroatoms. The van der Waals surface area contributed by atoms with E-state index >= 15 is 0 Å². The fourth-order valence-electron chi connectivity index (χ4n) is 1.92. The van der Waals surface area contributed by atoms with Gasteiger partial charge in [-0.05, 0) is 23.9 Å². The first-order valence-electron chi connectivity index (χ1n) is 6.49. The molecule has 1 aromatic rings. The van der Waals surface area contributed by atoms with Gasteiger partial charge in [-0.1, -0.05) is 67.0 Å². The molecular formula is C15H24BrN. The maximum absolute atomic E-state index is 3.63. The SMILES string of the molecule is CCN(Cc1ccccc1)CC(CBr)C(C)C. The molecular weight excluding hydrogens is 274 g/mol. The molecule has 0 aliphatic carbocycles. The van der Waals surface area contributed by atoms with Crippen molar-refractivity contribution in [1.29, 1.82) is 0 Å². The van der Waals surface area contributed by atoms with Crippen LogP contribution in [0.25, 0.3) is 0 Å². The number of hydrogen-bond acceptors (Lipinski definition) is 1. The second kappa shape index (κ2) is 7.88. The summed E-state index contributed by atoms with van der Waals surface area (Å²) < 4.78 is 0. The van der Waals surface area contributed by atoms with Crippen LogP contribution in [0, 0.1) is 11.8 Å². The molecule has 0 saturated carbocycles. The number of hydrogen-bond donors (Lipinski definition) is 0. The Kier molecular flexibility index (Phi) is 6.83. The molecule has 0 spiro atoms.